The Morgan fingerprint density at radius 3 is 2.53 bits per heavy atom. The standard InChI is InChI=1S/C11H16N2O4/c1-11(2,3)17-10(15)13-7-5-6-12-8(7)9(14)16-4/h5-6,12H,1-4H3,(H,13,15). The molecule has 0 spiro atoms. The first kappa shape index (κ1) is 13.1. The van der Waals surface area contributed by atoms with E-state index < -0.39 is 17.7 Å². The summed E-state index contributed by atoms with van der Waals surface area (Å²) in [5.41, 5.74) is -0.0873. The van der Waals surface area contributed by atoms with Crippen molar-refractivity contribution in [1.82, 2.24) is 4.98 Å². The Kier molecular flexibility index (Phi) is 3.77. The van der Waals surface area contributed by atoms with Gasteiger partial charge in [-0.2, -0.15) is 0 Å². The van der Waals surface area contributed by atoms with E-state index in [9.17, 15) is 9.59 Å². The highest BCUT2D eigenvalue weighted by Gasteiger charge is 2.19. The summed E-state index contributed by atoms with van der Waals surface area (Å²) in [7, 11) is 1.26. The van der Waals surface area contributed by atoms with Gasteiger partial charge in [0.2, 0.25) is 0 Å². The van der Waals surface area contributed by atoms with E-state index in [0.717, 1.165) is 0 Å². The number of carbonyl (C=O) groups is 2. The predicted octanol–water partition coefficient (Wildman–Crippen LogP) is 2.15. The zero-order valence-electron chi connectivity index (χ0n) is 10.3. The molecule has 0 radical (unpaired) electrons. The third kappa shape index (κ3) is 3.82. The number of H-pyrrole nitrogens is 1. The van der Waals surface area contributed by atoms with Crippen LogP contribution in [0, 0.1) is 0 Å². The molecule has 1 heterocycles. The van der Waals surface area contributed by atoms with E-state index in [2.05, 4.69) is 15.0 Å². The molecule has 6 nitrogen and oxygen atoms in total. The van der Waals surface area contributed by atoms with Gasteiger partial charge in [-0.15, -0.1) is 0 Å². The molecule has 94 valence electrons. The van der Waals surface area contributed by atoms with Gasteiger partial charge in [0.25, 0.3) is 0 Å². The molecule has 0 fully saturated rings. The molecular formula is C11H16N2O4. The fourth-order valence-electron chi connectivity index (χ4n) is 1.16. The second-order valence-corrected chi connectivity index (χ2v) is 4.38. The van der Waals surface area contributed by atoms with Crippen LogP contribution in [-0.4, -0.2) is 29.8 Å². The van der Waals surface area contributed by atoms with Gasteiger partial charge in [-0.05, 0) is 26.8 Å². The van der Waals surface area contributed by atoms with Gasteiger partial charge in [-0.25, -0.2) is 9.59 Å². The second kappa shape index (κ2) is 4.90. The van der Waals surface area contributed by atoms with Crippen molar-refractivity contribution in [3.05, 3.63) is 18.0 Å². The van der Waals surface area contributed by atoms with Gasteiger partial charge in [0.05, 0.1) is 12.8 Å². The minimum absolute atomic E-state index is 0.179. The number of hydrogen-bond acceptors (Lipinski definition) is 4. The summed E-state index contributed by atoms with van der Waals surface area (Å²) in [4.78, 5) is 25.5. The predicted molar refractivity (Wildman–Crippen MR) is 62.0 cm³/mol. The first-order valence-corrected chi connectivity index (χ1v) is 5.09. The van der Waals surface area contributed by atoms with E-state index in [1.807, 2.05) is 0 Å². The third-order valence-corrected chi connectivity index (χ3v) is 1.77. The van der Waals surface area contributed by atoms with Crippen molar-refractivity contribution >= 4 is 17.7 Å². The molecule has 1 amide bonds. The maximum atomic E-state index is 11.5. The van der Waals surface area contributed by atoms with Gasteiger partial charge in [-0.1, -0.05) is 0 Å². The fraction of sp³-hybridized carbons (Fsp3) is 0.455. The van der Waals surface area contributed by atoms with Crippen molar-refractivity contribution in [2.24, 2.45) is 0 Å². The summed E-state index contributed by atoms with van der Waals surface area (Å²) in [6.07, 6.45) is 0.904. The molecule has 2 N–H and O–H groups in total. The Balaban J connectivity index is 2.72. The van der Waals surface area contributed by atoms with Gasteiger partial charge in [0.1, 0.15) is 11.3 Å². The van der Waals surface area contributed by atoms with E-state index in [0.29, 0.717) is 5.69 Å². The normalized spacial score (nSPS) is 10.8. The van der Waals surface area contributed by atoms with Crippen LogP contribution in [0.4, 0.5) is 10.5 Å². The highest BCUT2D eigenvalue weighted by atomic mass is 16.6. The number of aromatic amines is 1. The molecule has 1 aromatic heterocycles. The number of aromatic nitrogens is 1. The first-order valence-electron chi connectivity index (χ1n) is 5.09. The number of nitrogens with one attached hydrogen (secondary N) is 2. The summed E-state index contributed by atoms with van der Waals surface area (Å²) >= 11 is 0. The summed E-state index contributed by atoms with van der Waals surface area (Å²) in [5.74, 6) is -0.555. The summed E-state index contributed by atoms with van der Waals surface area (Å²) in [6, 6.07) is 1.55. The number of anilines is 1. The number of esters is 1. The van der Waals surface area contributed by atoms with Crippen LogP contribution in [0.25, 0.3) is 0 Å². The molecule has 1 rings (SSSR count). The number of amides is 1. The SMILES string of the molecule is COC(=O)c1[nH]ccc1NC(=O)OC(C)(C)C. The molecule has 0 bridgehead atoms. The summed E-state index contributed by atoms with van der Waals surface area (Å²) in [5, 5.41) is 2.47. The number of hydrogen-bond donors (Lipinski definition) is 2. The van der Waals surface area contributed by atoms with Crippen LogP contribution < -0.4 is 5.32 Å². The zero-order chi connectivity index (χ0) is 13.1. The van der Waals surface area contributed by atoms with Crippen molar-refractivity contribution in [2.45, 2.75) is 26.4 Å². The van der Waals surface area contributed by atoms with Gasteiger partial charge in [0.15, 0.2) is 0 Å². The molecule has 0 saturated heterocycles. The fourth-order valence-corrected chi connectivity index (χ4v) is 1.16. The van der Waals surface area contributed by atoms with Gasteiger partial charge in [0, 0.05) is 6.20 Å². The lowest BCUT2D eigenvalue weighted by Crippen LogP contribution is -2.27. The number of carbonyl (C=O) groups excluding carboxylic acids is 2. The Hall–Kier alpha value is -1.98. The van der Waals surface area contributed by atoms with Crippen molar-refractivity contribution in [1.29, 1.82) is 0 Å². The van der Waals surface area contributed by atoms with Crippen LogP contribution in [0.1, 0.15) is 31.3 Å². The lowest BCUT2D eigenvalue weighted by molar-refractivity contribution is 0.0596. The smallest absolute Gasteiger partial charge is 0.412 e. The van der Waals surface area contributed by atoms with Gasteiger partial charge in [-0.3, -0.25) is 5.32 Å². The molecule has 0 unspecified atom stereocenters. The van der Waals surface area contributed by atoms with Crippen LogP contribution in [-0.2, 0) is 9.47 Å². The van der Waals surface area contributed by atoms with Gasteiger partial charge >= 0.3 is 12.1 Å². The molecule has 0 saturated carbocycles. The van der Waals surface area contributed by atoms with Crippen LogP contribution in [0.2, 0.25) is 0 Å². The molecule has 0 aliphatic rings. The van der Waals surface area contributed by atoms with Crippen LogP contribution in [0.15, 0.2) is 12.3 Å². The third-order valence-electron chi connectivity index (χ3n) is 1.77. The van der Waals surface area contributed by atoms with Crippen molar-refractivity contribution in [3.8, 4) is 0 Å². The Morgan fingerprint density at radius 2 is 2.00 bits per heavy atom. The zero-order valence-corrected chi connectivity index (χ0v) is 10.3. The largest absolute Gasteiger partial charge is 0.464 e. The highest BCUT2D eigenvalue weighted by Crippen LogP contribution is 2.16. The maximum absolute atomic E-state index is 11.5. The van der Waals surface area contributed by atoms with Crippen molar-refractivity contribution in [2.75, 3.05) is 12.4 Å². The number of rotatable bonds is 2. The second-order valence-electron chi connectivity index (χ2n) is 4.38. The molecule has 6 heteroatoms. The lowest BCUT2D eigenvalue weighted by Gasteiger charge is -2.19. The van der Waals surface area contributed by atoms with E-state index >= 15 is 0 Å². The molecule has 0 aliphatic carbocycles. The molecule has 17 heavy (non-hydrogen) atoms. The quantitative estimate of drug-likeness (QED) is 0.776. The molecule has 0 aliphatic heterocycles. The average molecular weight is 240 g/mol. The Bertz CT molecular complexity index is 417. The van der Waals surface area contributed by atoms with E-state index in [4.69, 9.17) is 4.74 Å². The molecule has 1 aromatic rings. The Labute approximate surface area is 99.3 Å². The van der Waals surface area contributed by atoms with Crippen LogP contribution in [0.5, 0.6) is 0 Å². The molecule has 0 atom stereocenters. The molecule has 0 aromatic carbocycles. The minimum Gasteiger partial charge on any atom is -0.464 e. The minimum atomic E-state index is -0.623. The van der Waals surface area contributed by atoms with Crippen molar-refractivity contribution < 1.29 is 19.1 Å². The average Bonchev–Trinajstić information content (AvgIpc) is 2.61. The topological polar surface area (TPSA) is 80.4 Å². The Morgan fingerprint density at radius 1 is 1.35 bits per heavy atom. The lowest BCUT2D eigenvalue weighted by atomic mass is 10.2. The summed E-state index contributed by atoms with van der Waals surface area (Å²) < 4.78 is 9.62. The maximum Gasteiger partial charge on any atom is 0.412 e. The van der Waals surface area contributed by atoms with Crippen LogP contribution >= 0.6 is 0 Å². The highest BCUT2D eigenvalue weighted by molar-refractivity contribution is 5.98. The van der Waals surface area contributed by atoms with Crippen LogP contribution in [0.3, 0.4) is 0 Å². The van der Waals surface area contributed by atoms with Crippen molar-refractivity contribution in [3.63, 3.8) is 0 Å². The monoisotopic (exact) mass is 240 g/mol. The molecular weight excluding hydrogens is 224 g/mol. The number of methoxy groups -OCH3 is 1. The van der Waals surface area contributed by atoms with E-state index in [1.54, 1.807) is 26.8 Å². The van der Waals surface area contributed by atoms with Gasteiger partial charge < -0.3 is 14.5 Å². The number of ether oxygens (including phenoxy) is 2. The van der Waals surface area contributed by atoms with E-state index in [1.165, 1.54) is 13.3 Å². The van der Waals surface area contributed by atoms with E-state index in [-0.39, 0.29) is 5.69 Å². The summed E-state index contributed by atoms with van der Waals surface area (Å²) in [6.45, 7) is 5.26. The first-order chi connectivity index (χ1) is 7.83.